The Morgan fingerprint density at radius 1 is 1.60 bits per heavy atom. The van der Waals surface area contributed by atoms with Crippen LogP contribution in [-0.2, 0) is 0 Å². The first kappa shape index (κ1) is 6.81. The number of nitrogen functional groups attached to an aromatic ring is 1. The molecule has 0 fully saturated rings. The Kier molecular flexibility index (Phi) is 1.71. The zero-order chi connectivity index (χ0) is 7.56. The Balaban J connectivity index is 3.07. The van der Waals surface area contributed by atoms with Gasteiger partial charge in [-0.15, -0.1) is 0 Å². The average molecular weight is 134 g/mol. The molecule has 1 aromatic heterocycles. The molecular formula is C8H10N2. The number of hydrogen-bond acceptors (Lipinski definition) is 2. The van der Waals surface area contributed by atoms with Gasteiger partial charge in [-0.25, -0.2) is 0 Å². The van der Waals surface area contributed by atoms with Gasteiger partial charge >= 0.3 is 0 Å². The van der Waals surface area contributed by atoms with E-state index >= 15 is 0 Å². The SMILES string of the molecule is C=C(C)c1cncc(N)c1. The first-order valence-corrected chi connectivity index (χ1v) is 3.06. The average Bonchev–Trinajstić information content (AvgIpc) is 1.88. The van der Waals surface area contributed by atoms with Crippen LogP contribution in [0.4, 0.5) is 5.69 Å². The van der Waals surface area contributed by atoms with Crippen molar-refractivity contribution in [2.45, 2.75) is 6.92 Å². The van der Waals surface area contributed by atoms with Crippen molar-refractivity contribution in [3.63, 3.8) is 0 Å². The number of anilines is 1. The molecule has 52 valence electrons. The zero-order valence-electron chi connectivity index (χ0n) is 5.96. The molecule has 1 heterocycles. The van der Waals surface area contributed by atoms with E-state index in [1.54, 1.807) is 12.4 Å². The summed E-state index contributed by atoms with van der Waals surface area (Å²) >= 11 is 0. The summed E-state index contributed by atoms with van der Waals surface area (Å²) in [5, 5.41) is 0. The molecule has 0 radical (unpaired) electrons. The molecule has 0 amide bonds. The van der Waals surface area contributed by atoms with E-state index in [0.29, 0.717) is 5.69 Å². The lowest BCUT2D eigenvalue weighted by Gasteiger charge is -1.97. The summed E-state index contributed by atoms with van der Waals surface area (Å²) < 4.78 is 0. The number of allylic oxidation sites excluding steroid dienone is 1. The fourth-order valence-electron chi connectivity index (χ4n) is 0.691. The molecule has 0 spiro atoms. The Morgan fingerprint density at radius 2 is 2.30 bits per heavy atom. The number of rotatable bonds is 1. The minimum Gasteiger partial charge on any atom is -0.397 e. The molecule has 2 nitrogen and oxygen atoms in total. The fraction of sp³-hybridized carbons (Fsp3) is 0.125. The van der Waals surface area contributed by atoms with Crippen LogP contribution in [0.5, 0.6) is 0 Å². The van der Waals surface area contributed by atoms with Gasteiger partial charge in [0.05, 0.1) is 5.69 Å². The summed E-state index contributed by atoms with van der Waals surface area (Å²) in [5.74, 6) is 0. The third-order valence-electron chi connectivity index (χ3n) is 1.25. The number of nitrogens with zero attached hydrogens (tertiary/aromatic N) is 1. The Hall–Kier alpha value is -1.31. The molecule has 10 heavy (non-hydrogen) atoms. The predicted octanol–water partition coefficient (Wildman–Crippen LogP) is 1.70. The molecular weight excluding hydrogens is 124 g/mol. The number of aromatic nitrogens is 1. The van der Waals surface area contributed by atoms with Crippen molar-refractivity contribution in [1.82, 2.24) is 4.98 Å². The van der Waals surface area contributed by atoms with Gasteiger partial charge in [-0.3, -0.25) is 4.98 Å². The largest absolute Gasteiger partial charge is 0.397 e. The van der Waals surface area contributed by atoms with Crippen molar-refractivity contribution in [2.75, 3.05) is 5.73 Å². The monoisotopic (exact) mass is 134 g/mol. The van der Waals surface area contributed by atoms with Crippen LogP contribution in [0.3, 0.4) is 0 Å². The van der Waals surface area contributed by atoms with Crippen molar-refractivity contribution in [3.05, 3.63) is 30.6 Å². The highest BCUT2D eigenvalue weighted by Gasteiger charge is 1.92. The van der Waals surface area contributed by atoms with E-state index in [9.17, 15) is 0 Å². The van der Waals surface area contributed by atoms with Crippen LogP contribution in [0.15, 0.2) is 25.0 Å². The van der Waals surface area contributed by atoms with Crippen LogP contribution in [0.2, 0.25) is 0 Å². The highest BCUT2D eigenvalue weighted by molar-refractivity contribution is 5.63. The van der Waals surface area contributed by atoms with Gasteiger partial charge < -0.3 is 5.73 Å². The second-order valence-electron chi connectivity index (χ2n) is 2.29. The van der Waals surface area contributed by atoms with E-state index in [0.717, 1.165) is 11.1 Å². The van der Waals surface area contributed by atoms with Gasteiger partial charge in [0.2, 0.25) is 0 Å². The van der Waals surface area contributed by atoms with E-state index < -0.39 is 0 Å². The van der Waals surface area contributed by atoms with Crippen molar-refractivity contribution >= 4 is 11.3 Å². The van der Waals surface area contributed by atoms with E-state index in [-0.39, 0.29) is 0 Å². The van der Waals surface area contributed by atoms with Gasteiger partial charge in [0.1, 0.15) is 0 Å². The first-order valence-electron chi connectivity index (χ1n) is 3.06. The molecule has 0 aliphatic carbocycles. The summed E-state index contributed by atoms with van der Waals surface area (Å²) in [6.45, 7) is 5.70. The molecule has 2 N–H and O–H groups in total. The van der Waals surface area contributed by atoms with Gasteiger partial charge in [-0.05, 0) is 24.1 Å². The smallest absolute Gasteiger partial charge is 0.0506 e. The predicted molar refractivity (Wildman–Crippen MR) is 43.4 cm³/mol. The lowest BCUT2D eigenvalue weighted by atomic mass is 10.1. The summed E-state index contributed by atoms with van der Waals surface area (Å²) in [4.78, 5) is 3.92. The zero-order valence-corrected chi connectivity index (χ0v) is 5.96. The first-order chi connectivity index (χ1) is 4.70. The normalized spacial score (nSPS) is 9.30. The molecule has 0 unspecified atom stereocenters. The summed E-state index contributed by atoms with van der Waals surface area (Å²) in [6, 6.07) is 1.86. The third-order valence-corrected chi connectivity index (χ3v) is 1.25. The van der Waals surface area contributed by atoms with E-state index in [1.807, 2.05) is 13.0 Å². The number of hydrogen-bond donors (Lipinski definition) is 1. The van der Waals surface area contributed by atoms with Crippen molar-refractivity contribution in [3.8, 4) is 0 Å². The van der Waals surface area contributed by atoms with Crippen molar-refractivity contribution in [2.24, 2.45) is 0 Å². The molecule has 0 saturated carbocycles. The molecule has 0 aliphatic heterocycles. The molecule has 1 aromatic rings. The Morgan fingerprint density at radius 3 is 2.70 bits per heavy atom. The van der Waals surface area contributed by atoms with E-state index in [1.165, 1.54) is 0 Å². The summed E-state index contributed by atoms with van der Waals surface area (Å²) in [7, 11) is 0. The van der Waals surface area contributed by atoms with Gasteiger partial charge in [-0.2, -0.15) is 0 Å². The minimum absolute atomic E-state index is 0.681. The minimum atomic E-state index is 0.681. The number of nitrogens with two attached hydrogens (primary N) is 1. The fourth-order valence-corrected chi connectivity index (χ4v) is 0.691. The molecule has 2 heteroatoms. The Labute approximate surface area is 60.4 Å². The molecule has 1 rings (SSSR count). The second-order valence-corrected chi connectivity index (χ2v) is 2.29. The highest BCUT2D eigenvalue weighted by atomic mass is 14.7. The van der Waals surface area contributed by atoms with Crippen molar-refractivity contribution < 1.29 is 0 Å². The maximum absolute atomic E-state index is 5.49. The van der Waals surface area contributed by atoms with Gasteiger partial charge in [0.15, 0.2) is 0 Å². The summed E-state index contributed by atoms with van der Waals surface area (Å²) in [5.41, 5.74) is 8.16. The van der Waals surface area contributed by atoms with E-state index in [2.05, 4.69) is 11.6 Å². The van der Waals surface area contributed by atoms with Crippen LogP contribution in [0, 0.1) is 0 Å². The van der Waals surface area contributed by atoms with Crippen LogP contribution in [-0.4, -0.2) is 4.98 Å². The number of pyridine rings is 1. The molecule has 0 aromatic carbocycles. The third kappa shape index (κ3) is 1.35. The van der Waals surface area contributed by atoms with E-state index in [4.69, 9.17) is 5.73 Å². The second kappa shape index (κ2) is 2.52. The van der Waals surface area contributed by atoms with Gasteiger partial charge in [-0.1, -0.05) is 6.58 Å². The maximum atomic E-state index is 5.49. The van der Waals surface area contributed by atoms with Gasteiger partial charge in [0.25, 0.3) is 0 Å². The summed E-state index contributed by atoms with van der Waals surface area (Å²) in [6.07, 6.45) is 3.37. The van der Waals surface area contributed by atoms with Crippen LogP contribution < -0.4 is 5.73 Å². The molecule has 0 aliphatic rings. The lowest BCUT2D eigenvalue weighted by Crippen LogP contribution is -1.87. The lowest BCUT2D eigenvalue weighted by molar-refractivity contribution is 1.31. The van der Waals surface area contributed by atoms with Crippen LogP contribution in [0.1, 0.15) is 12.5 Å². The highest BCUT2D eigenvalue weighted by Crippen LogP contribution is 2.11. The Bertz CT molecular complexity index is 253. The van der Waals surface area contributed by atoms with Gasteiger partial charge in [0, 0.05) is 12.4 Å². The maximum Gasteiger partial charge on any atom is 0.0506 e. The molecule has 0 bridgehead atoms. The van der Waals surface area contributed by atoms with Crippen molar-refractivity contribution in [1.29, 1.82) is 0 Å². The molecule has 0 saturated heterocycles. The standard InChI is InChI=1S/C8H10N2/c1-6(2)7-3-8(9)5-10-4-7/h3-5H,1,9H2,2H3. The van der Waals surface area contributed by atoms with Crippen LogP contribution >= 0.6 is 0 Å². The quantitative estimate of drug-likeness (QED) is 0.634. The molecule has 0 atom stereocenters. The topological polar surface area (TPSA) is 38.9 Å². The van der Waals surface area contributed by atoms with Crippen LogP contribution in [0.25, 0.3) is 5.57 Å².